The van der Waals surface area contributed by atoms with Gasteiger partial charge in [0, 0.05) is 25.3 Å². The van der Waals surface area contributed by atoms with Crippen molar-refractivity contribution in [2.45, 2.75) is 31.8 Å². The third kappa shape index (κ3) is 3.49. The van der Waals surface area contributed by atoms with Crippen molar-refractivity contribution in [1.29, 1.82) is 0 Å². The third-order valence-corrected chi connectivity index (χ3v) is 4.11. The lowest BCUT2D eigenvalue weighted by molar-refractivity contribution is 0.164. The van der Waals surface area contributed by atoms with E-state index in [0.717, 1.165) is 18.8 Å². The molecule has 2 unspecified atom stereocenters. The maximum absolute atomic E-state index is 5.93. The van der Waals surface area contributed by atoms with Crippen molar-refractivity contribution < 1.29 is 0 Å². The van der Waals surface area contributed by atoms with Crippen LogP contribution in [0.2, 0.25) is 0 Å². The summed E-state index contributed by atoms with van der Waals surface area (Å²) in [4.78, 5) is 13.2. The quantitative estimate of drug-likeness (QED) is 0.826. The number of rotatable bonds is 6. The molecule has 1 aliphatic rings. The fourth-order valence-electron chi connectivity index (χ4n) is 3.00. The summed E-state index contributed by atoms with van der Waals surface area (Å²) >= 11 is 0. The van der Waals surface area contributed by atoms with Gasteiger partial charge in [0.1, 0.15) is 6.33 Å². The summed E-state index contributed by atoms with van der Waals surface area (Å²) in [6.45, 7) is 6.25. The number of aromatic nitrogens is 2. The zero-order valence-electron chi connectivity index (χ0n) is 12.0. The van der Waals surface area contributed by atoms with Crippen molar-refractivity contribution in [1.82, 2.24) is 19.8 Å². The number of hydrogen-bond acceptors (Lipinski definition) is 5. The first-order chi connectivity index (χ1) is 9.26. The molecule has 19 heavy (non-hydrogen) atoms. The van der Waals surface area contributed by atoms with Gasteiger partial charge in [-0.1, -0.05) is 6.92 Å². The molecule has 1 saturated heterocycles. The van der Waals surface area contributed by atoms with E-state index in [2.05, 4.69) is 33.7 Å². The van der Waals surface area contributed by atoms with Gasteiger partial charge in [0.05, 0.1) is 11.7 Å². The molecule has 5 heteroatoms. The standard InChI is InChI=1S/C14H25N5/c1-3-19-8-4-5-12(19)10-18(2)14(9-15)13-6-7-16-11-17-13/h6-7,11-12,14H,3-5,8-10,15H2,1-2H3. The highest BCUT2D eigenvalue weighted by Gasteiger charge is 2.26. The second kappa shape index (κ2) is 6.93. The molecule has 1 aromatic heterocycles. The van der Waals surface area contributed by atoms with E-state index in [1.54, 1.807) is 12.5 Å². The molecule has 0 aliphatic carbocycles. The van der Waals surface area contributed by atoms with E-state index < -0.39 is 0 Å². The molecule has 2 heterocycles. The molecule has 2 rings (SSSR count). The maximum atomic E-state index is 5.93. The highest BCUT2D eigenvalue weighted by molar-refractivity contribution is 5.05. The minimum absolute atomic E-state index is 0.183. The lowest BCUT2D eigenvalue weighted by Crippen LogP contribution is -2.42. The Morgan fingerprint density at radius 3 is 3.05 bits per heavy atom. The molecule has 0 bridgehead atoms. The SMILES string of the molecule is CCN1CCCC1CN(C)C(CN)c1ccncn1. The van der Waals surface area contributed by atoms with E-state index in [1.807, 2.05) is 6.07 Å². The first-order valence-corrected chi connectivity index (χ1v) is 7.16. The van der Waals surface area contributed by atoms with Gasteiger partial charge in [-0.3, -0.25) is 9.80 Å². The summed E-state index contributed by atoms with van der Waals surface area (Å²) in [5.41, 5.74) is 6.95. The number of likely N-dealkylation sites (tertiary alicyclic amines) is 1. The van der Waals surface area contributed by atoms with E-state index in [-0.39, 0.29) is 6.04 Å². The van der Waals surface area contributed by atoms with Crippen LogP contribution in [0.25, 0.3) is 0 Å². The molecular formula is C14H25N5. The van der Waals surface area contributed by atoms with Crippen LogP contribution in [0.4, 0.5) is 0 Å². The maximum Gasteiger partial charge on any atom is 0.115 e. The van der Waals surface area contributed by atoms with Crippen molar-refractivity contribution >= 4 is 0 Å². The molecule has 106 valence electrons. The summed E-state index contributed by atoms with van der Waals surface area (Å²) in [6.07, 6.45) is 5.99. The molecule has 2 atom stereocenters. The zero-order chi connectivity index (χ0) is 13.7. The Morgan fingerprint density at radius 2 is 2.42 bits per heavy atom. The van der Waals surface area contributed by atoms with E-state index >= 15 is 0 Å². The van der Waals surface area contributed by atoms with Gasteiger partial charge in [0.25, 0.3) is 0 Å². The Morgan fingerprint density at radius 1 is 1.58 bits per heavy atom. The van der Waals surface area contributed by atoms with E-state index in [4.69, 9.17) is 5.73 Å². The monoisotopic (exact) mass is 263 g/mol. The fraction of sp³-hybridized carbons (Fsp3) is 0.714. The van der Waals surface area contributed by atoms with E-state index in [1.165, 1.54) is 19.4 Å². The first-order valence-electron chi connectivity index (χ1n) is 7.16. The summed E-state index contributed by atoms with van der Waals surface area (Å²) in [5.74, 6) is 0. The summed E-state index contributed by atoms with van der Waals surface area (Å²) in [7, 11) is 2.14. The van der Waals surface area contributed by atoms with Crippen LogP contribution < -0.4 is 5.73 Å². The summed E-state index contributed by atoms with van der Waals surface area (Å²) < 4.78 is 0. The largest absolute Gasteiger partial charge is 0.329 e. The fourth-order valence-corrected chi connectivity index (χ4v) is 3.00. The average Bonchev–Trinajstić information content (AvgIpc) is 2.88. The van der Waals surface area contributed by atoms with Gasteiger partial charge < -0.3 is 5.73 Å². The lowest BCUT2D eigenvalue weighted by atomic mass is 10.1. The minimum atomic E-state index is 0.183. The van der Waals surface area contributed by atoms with Crippen LogP contribution in [0.5, 0.6) is 0 Å². The van der Waals surface area contributed by atoms with Gasteiger partial charge in [-0.2, -0.15) is 0 Å². The molecular weight excluding hydrogens is 238 g/mol. The molecule has 2 N–H and O–H groups in total. The molecule has 0 aromatic carbocycles. The Kier molecular flexibility index (Phi) is 5.24. The van der Waals surface area contributed by atoms with E-state index in [0.29, 0.717) is 12.6 Å². The van der Waals surface area contributed by atoms with Gasteiger partial charge in [-0.05, 0) is 39.0 Å². The normalized spacial score (nSPS) is 22.0. The minimum Gasteiger partial charge on any atom is -0.329 e. The number of likely N-dealkylation sites (N-methyl/N-ethyl adjacent to an activating group) is 2. The predicted molar refractivity (Wildman–Crippen MR) is 76.7 cm³/mol. The van der Waals surface area contributed by atoms with Crippen LogP contribution >= 0.6 is 0 Å². The van der Waals surface area contributed by atoms with Crippen molar-refractivity contribution in [2.24, 2.45) is 5.73 Å². The summed E-state index contributed by atoms with van der Waals surface area (Å²) in [6, 6.07) is 2.80. The number of nitrogens with zero attached hydrogens (tertiary/aromatic N) is 4. The van der Waals surface area contributed by atoms with Gasteiger partial charge in [-0.25, -0.2) is 9.97 Å². The van der Waals surface area contributed by atoms with Crippen LogP contribution in [0.3, 0.4) is 0 Å². The molecule has 1 aliphatic heterocycles. The van der Waals surface area contributed by atoms with Crippen LogP contribution in [0.15, 0.2) is 18.6 Å². The molecule has 1 fully saturated rings. The molecule has 5 nitrogen and oxygen atoms in total. The number of nitrogens with two attached hydrogens (primary N) is 1. The Hall–Kier alpha value is -1.04. The van der Waals surface area contributed by atoms with Crippen molar-refractivity contribution in [2.75, 3.05) is 33.2 Å². The molecule has 1 aromatic rings. The Balaban J connectivity index is 1.99. The van der Waals surface area contributed by atoms with Crippen molar-refractivity contribution in [3.05, 3.63) is 24.3 Å². The van der Waals surface area contributed by atoms with Crippen LogP contribution in [0, 0.1) is 0 Å². The highest BCUT2D eigenvalue weighted by Crippen LogP contribution is 2.21. The lowest BCUT2D eigenvalue weighted by Gasteiger charge is -2.32. The second-order valence-electron chi connectivity index (χ2n) is 5.25. The second-order valence-corrected chi connectivity index (χ2v) is 5.25. The van der Waals surface area contributed by atoms with E-state index in [9.17, 15) is 0 Å². The molecule has 0 amide bonds. The van der Waals surface area contributed by atoms with Crippen molar-refractivity contribution in [3.63, 3.8) is 0 Å². The van der Waals surface area contributed by atoms with Crippen LogP contribution in [-0.2, 0) is 0 Å². The predicted octanol–water partition coefficient (Wildman–Crippen LogP) is 0.893. The molecule has 0 saturated carbocycles. The summed E-state index contributed by atoms with van der Waals surface area (Å²) in [5, 5.41) is 0. The number of hydrogen-bond donors (Lipinski definition) is 1. The van der Waals surface area contributed by atoms with Gasteiger partial charge in [-0.15, -0.1) is 0 Å². The Labute approximate surface area is 115 Å². The topological polar surface area (TPSA) is 58.3 Å². The first kappa shape index (κ1) is 14.4. The smallest absolute Gasteiger partial charge is 0.115 e. The van der Waals surface area contributed by atoms with Crippen molar-refractivity contribution in [3.8, 4) is 0 Å². The van der Waals surface area contributed by atoms with Gasteiger partial charge >= 0.3 is 0 Å². The molecule has 0 radical (unpaired) electrons. The van der Waals surface area contributed by atoms with Gasteiger partial charge in [0.2, 0.25) is 0 Å². The highest BCUT2D eigenvalue weighted by atomic mass is 15.2. The third-order valence-electron chi connectivity index (χ3n) is 4.11. The average molecular weight is 263 g/mol. The Bertz CT molecular complexity index is 369. The van der Waals surface area contributed by atoms with Crippen LogP contribution in [-0.4, -0.2) is 59.0 Å². The van der Waals surface area contributed by atoms with Gasteiger partial charge in [0.15, 0.2) is 0 Å². The van der Waals surface area contributed by atoms with Crippen LogP contribution in [0.1, 0.15) is 31.5 Å². The molecule has 0 spiro atoms. The zero-order valence-corrected chi connectivity index (χ0v) is 12.0.